The standard InChI is InChI=1S/C57H34N4S2/c1-4-14-35(15-5-1)55-58-56(36-16-6-2-7-17-36)60-57(59-55)44-23-13-25-52-53(44)47-33-38(28-31-51(47)62-52)37-26-29-48-45(32-37)46-34-39(27-30-49(46)61(48)40-18-8-3-9-19-40)41-21-12-22-43-42-20-10-11-24-50(42)63-54(41)43/h1-34H. The lowest BCUT2D eigenvalue weighted by atomic mass is 9.98. The first-order valence-corrected chi connectivity index (χ1v) is 22.7. The lowest BCUT2D eigenvalue weighted by Gasteiger charge is -2.10. The van der Waals surface area contributed by atoms with E-state index >= 15 is 0 Å². The average molecular weight is 839 g/mol. The summed E-state index contributed by atoms with van der Waals surface area (Å²) in [6.07, 6.45) is 0. The number of benzene rings is 9. The van der Waals surface area contributed by atoms with E-state index < -0.39 is 0 Å². The molecule has 0 aliphatic heterocycles. The molecular weight excluding hydrogens is 805 g/mol. The van der Waals surface area contributed by atoms with E-state index in [0.717, 1.165) is 33.3 Å². The Labute approximate surface area is 370 Å². The molecule has 0 fully saturated rings. The Bertz CT molecular complexity index is 3850. The second kappa shape index (κ2) is 14.4. The minimum absolute atomic E-state index is 0.656. The first-order valence-electron chi connectivity index (χ1n) is 21.1. The van der Waals surface area contributed by atoms with E-state index in [1.165, 1.54) is 73.5 Å². The molecule has 4 nitrogen and oxygen atoms in total. The van der Waals surface area contributed by atoms with Crippen molar-refractivity contribution in [3.8, 4) is 62.1 Å². The van der Waals surface area contributed by atoms with E-state index in [-0.39, 0.29) is 0 Å². The number of hydrogen-bond acceptors (Lipinski definition) is 5. The number of fused-ring (bicyclic) bond motifs is 9. The second-order valence-electron chi connectivity index (χ2n) is 15.9. The topological polar surface area (TPSA) is 43.6 Å². The summed E-state index contributed by atoms with van der Waals surface area (Å²) in [5.41, 5.74) is 11.2. The van der Waals surface area contributed by atoms with Crippen molar-refractivity contribution in [1.82, 2.24) is 19.5 Å². The van der Waals surface area contributed by atoms with Crippen molar-refractivity contribution < 1.29 is 0 Å². The van der Waals surface area contributed by atoms with E-state index in [2.05, 4.69) is 174 Å². The number of hydrogen-bond donors (Lipinski definition) is 0. The number of thiophene rings is 2. The van der Waals surface area contributed by atoms with E-state index in [4.69, 9.17) is 15.0 Å². The van der Waals surface area contributed by atoms with Gasteiger partial charge in [-0.3, -0.25) is 0 Å². The summed E-state index contributed by atoms with van der Waals surface area (Å²) in [4.78, 5) is 15.3. The highest BCUT2D eigenvalue weighted by Gasteiger charge is 2.20. The maximum absolute atomic E-state index is 5.14. The van der Waals surface area contributed by atoms with Crippen LogP contribution >= 0.6 is 22.7 Å². The Morgan fingerprint density at radius 2 is 0.841 bits per heavy atom. The van der Waals surface area contributed by atoms with Crippen LogP contribution in [-0.2, 0) is 0 Å². The highest BCUT2D eigenvalue weighted by atomic mass is 32.1. The van der Waals surface area contributed by atoms with Crippen molar-refractivity contribution in [2.75, 3.05) is 0 Å². The molecule has 294 valence electrons. The van der Waals surface area contributed by atoms with Crippen LogP contribution in [-0.4, -0.2) is 19.5 Å². The molecule has 4 heterocycles. The van der Waals surface area contributed by atoms with Gasteiger partial charge in [0, 0.05) is 73.5 Å². The van der Waals surface area contributed by atoms with Crippen molar-refractivity contribution >= 4 is 84.8 Å². The molecule has 0 N–H and O–H groups in total. The van der Waals surface area contributed by atoms with Crippen LogP contribution in [0.2, 0.25) is 0 Å². The van der Waals surface area contributed by atoms with Crippen molar-refractivity contribution in [2.24, 2.45) is 0 Å². The van der Waals surface area contributed by atoms with Gasteiger partial charge in [0.2, 0.25) is 0 Å². The van der Waals surface area contributed by atoms with Gasteiger partial charge in [-0.15, -0.1) is 22.7 Å². The molecule has 13 rings (SSSR count). The summed E-state index contributed by atoms with van der Waals surface area (Å²) >= 11 is 3.69. The Morgan fingerprint density at radius 3 is 1.57 bits per heavy atom. The molecule has 0 atom stereocenters. The van der Waals surface area contributed by atoms with Crippen LogP contribution in [0.25, 0.3) is 124 Å². The lowest BCUT2D eigenvalue weighted by molar-refractivity contribution is 1.08. The predicted molar refractivity (Wildman–Crippen MR) is 267 cm³/mol. The zero-order valence-corrected chi connectivity index (χ0v) is 35.4. The Hall–Kier alpha value is -7.77. The number of para-hydroxylation sites is 1. The first-order chi connectivity index (χ1) is 31.2. The fourth-order valence-electron chi connectivity index (χ4n) is 9.32. The summed E-state index contributed by atoms with van der Waals surface area (Å²) in [5.74, 6) is 1.97. The summed E-state index contributed by atoms with van der Waals surface area (Å²) in [6.45, 7) is 0. The first kappa shape index (κ1) is 35.9. The van der Waals surface area contributed by atoms with Gasteiger partial charge in [-0.2, -0.15) is 0 Å². The van der Waals surface area contributed by atoms with Gasteiger partial charge in [0.05, 0.1) is 11.0 Å². The van der Waals surface area contributed by atoms with Crippen LogP contribution in [0.1, 0.15) is 0 Å². The monoisotopic (exact) mass is 838 g/mol. The highest BCUT2D eigenvalue weighted by molar-refractivity contribution is 7.26. The molecule has 0 aliphatic rings. The highest BCUT2D eigenvalue weighted by Crippen LogP contribution is 2.44. The summed E-state index contributed by atoms with van der Waals surface area (Å²) < 4.78 is 7.47. The van der Waals surface area contributed by atoms with Gasteiger partial charge in [-0.05, 0) is 82.9 Å². The molecule has 4 aromatic heterocycles. The molecule has 0 unspecified atom stereocenters. The van der Waals surface area contributed by atoms with E-state index in [9.17, 15) is 0 Å². The zero-order valence-electron chi connectivity index (χ0n) is 33.7. The fraction of sp³-hybridized carbons (Fsp3) is 0. The molecule has 63 heavy (non-hydrogen) atoms. The molecule has 9 aromatic carbocycles. The van der Waals surface area contributed by atoms with Gasteiger partial charge in [0.1, 0.15) is 0 Å². The third kappa shape index (κ3) is 5.91. The van der Waals surface area contributed by atoms with Crippen LogP contribution in [0.15, 0.2) is 206 Å². The average Bonchev–Trinajstić information content (AvgIpc) is 4.03. The number of nitrogens with zero attached hydrogens (tertiary/aromatic N) is 4. The molecule has 0 radical (unpaired) electrons. The normalized spacial score (nSPS) is 11.8. The van der Waals surface area contributed by atoms with Crippen LogP contribution in [0.5, 0.6) is 0 Å². The van der Waals surface area contributed by atoms with Crippen molar-refractivity contribution in [3.63, 3.8) is 0 Å². The van der Waals surface area contributed by atoms with E-state index in [0.29, 0.717) is 17.5 Å². The minimum Gasteiger partial charge on any atom is -0.309 e. The quantitative estimate of drug-likeness (QED) is 0.168. The van der Waals surface area contributed by atoms with Crippen molar-refractivity contribution in [3.05, 3.63) is 206 Å². The number of aromatic nitrogens is 4. The van der Waals surface area contributed by atoms with Crippen LogP contribution in [0, 0.1) is 0 Å². The van der Waals surface area contributed by atoms with Crippen LogP contribution in [0.3, 0.4) is 0 Å². The van der Waals surface area contributed by atoms with Gasteiger partial charge in [-0.1, -0.05) is 146 Å². The van der Waals surface area contributed by atoms with Crippen LogP contribution in [0.4, 0.5) is 0 Å². The summed E-state index contributed by atoms with van der Waals surface area (Å²) in [5, 5.41) is 7.43. The summed E-state index contributed by atoms with van der Waals surface area (Å²) in [6, 6.07) is 73.9. The van der Waals surface area contributed by atoms with Gasteiger partial charge in [0.25, 0.3) is 0 Å². The fourth-order valence-corrected chi connectivity index (χ4v) is 11.7. The molecule has 0 saturated heterocycles. The minimum atomic E-state index is 0.656. The van der Waals surface area contributed by atoms with Crippen molar-refractivity contribution in [1.29, 1.82) is 0 Å². The van der Waals surface area contributed by atoms with Gasteiger partial charge in [-0.25, -0.2) is 15.0 Å². The molecule has 0 amide bonds. The lowest BCUT2D eigenvalue weighted by Crippen LogP contribution is -2.00. The molecule has 0 spiro atoms. The van der Waals surface area contributed by atoms with E-state index in [1.54, 1.807) is 0 Å². The number of rotatable bonds is 6. The molecule has 6 heteroatoms. The molecule has 0 aliphatic carbocycles. The van der Waals surface area contributed by atoms with Gasteiger partial charge >= 0.3 is 0 Å². The molecule has 13 aromatic rings. The maximum Gasteiger partial charge on any atom is 0.164 e. The third-order valence-electron chi connectivity index (χ3n) is 12.3. The largest absolute Gasteiger partial charge is 0.309 e. The Morgan fingerprint density at radius 1 is 0.317 bits per heavy atom. The van der Waals surface area contributed by atoms with Gasteiger partial charge < -0.3 is 4.57 Å². The van der Waals surface area contributed by atoms with E-state index in [1.807, 2.05) is 59.1 Å². The third-order valence-corrected chi connectivity index (χ3v) is 14.6. The summed E-state index contributed by atoms with van der Waals surface area (Å²) in [7, 11) is 0. The Kier molecular flexibility index (Phi) is 8.22. The maximum atomic E-state index is 5.14. The SMILES string of the molecule is c1ccc(-c2nc(-c3ccccc3)nc(-c3cccc4sc5ccc(-c6ccc7c(c6)c6cc(-c8cccc9c8sc8ccccc89)ccc6n7-c6ccccc6)cc5c34)n2)cc1. The second-order valence-corrected chi connectivity index (χ2v) is 18.1. The molecular formula is C57H34N4S2. The molecule has 0 bridgehead atoms. The molecule has 0 saturated carbocycles. The predicted octanol–water partition coefficient (Wildman–Crippen LogP) is 16.0. The smallest absolute Gasteiger partial charge is 0.164 e. The zero-order chi connectivity index (χ0) is 41.4. The Balaban J connectivity index is 0.995. The van der Waals surface area contributed by atoms with Crippen LogP contribution < -0.4 is 0 Å². The van der Waals surface area contributed by atoms with Gasteiger partial charge in [0.15, 0.2) is 17.5 Å². The van der Waals surface area contributed by atoms with Crippen molar-refractivity contribution in [2.45, 2.75) is 0 Å².